The Bertz CT molecular complexity index is 85.4. The average Bonchev–Trinajstić information content (AvgIpc) is 1.67. The molecular weight excluding hydrogens is 118 g/mol. The van der Waals surface area contributed by atoms with Gasteiger partial charge in [0.25, 0.3) is 0 Å². The van der Waals surface area contributed by atoms with E-state index in [2.05, 4.69) is 0 Å². The van der Waals surface area contributed by atoms with Gasteiger partial charge in [0.05, 0.1) is 0 Å². The summed E-state index contributed by atoms with van der Waals surface area (Å²) in [5.74, 6) is 0. The number of carbonyl (C=O) groups is 1. The maximum Gasteiger partial charge on any atom is 0.557 e. The van der Waals surface area contributed by atoms with Crippen LogP contribution < -0.4 is 10.7 Å². The molecule has 0 aromatic rings. The van der Waals surface area contributed by atoms with E-state index in [0.29, 0.717) is 0 Å². The van der Waals surface area contributed by atoms with Crippen LogP contribution in [0.1, 0.15) is 6.92 Å². The Morgan fingerprint density at radius 1 is 1.75 bits per heavy atom. The van der Waals surface area contributed by atoms with Crippen LogP contribution in [0.25, 0.3) is 0 Å². The quantitative estimate of drug-likeness (QED) is 0.511. The minimum atomic E-state index is -1.50. The van der Waals surface area contributed by atoms with Crippen molar-refractivity contribution in [3.63, 3.8) is 0 Å². The minimum absolute atomic E-state index is 0.211. The zero-order valence-corrected chi connectivity index (χ0v) is 4.32. The molecule has 2 amide bonds. The molecule has 0 saturated heterocycles. The first-order chi connectivity index (χ1) is 3.68. The van der Waals surface area contributed by atoms with Gasteiger partial charge in [-0.15, -0.1) is 0 Å². The van der Waals surface area contributed by atoms with Crippen molar-refractivity contribution in [1.29, 1.82) is 0 Å². The summed E-state index contributed by atoms with van der Waals surface area (Å²) in [7, 11) is 0. The minimum Gasteiger partial charge on any atom is -0.294 e. The van der Waals surface area contributed by atoms with Gasteiger partial charge in [-0.1, -0.05) is 0 Å². The average molecular weight is 124 g/mol. The van der Waals surface area contributed by atoms with Crippen LogP contribution in [-0.2, 0) is 0 Å². The predicted molar refractivity (Wildman–Crippen MR) is 23.4 cm³/mol. The second-order valence-corrected chi connectivity index (χ2v) is 1.07. The van der Waals surface area contributed by atoms with Gasteiger partial charge in [-0.3, -0.25) is 5.32 Å². The fourth-order valence-corrected chi connectivity index (χ4v) is 0.211. The number of carbonyl (C=O) groups excluding carboxylic acids is 1. The number of nitrogens with one attached hydrogen (secondary N) is 1. The van der Waals surface area contributed by atoms with Gasteiger partial charge in [-0.2, -0.15) is 4.79 Å². The van der Waals surface area contributed by atoms with Crippen molar-refractivity contribution in [1.82, 2.24) is 10.7 Å². The Kier molecular flexibility index (Phi) is 3.02. The third-order valence-corrected chi connectivity index (χ3v) is 0.482. The van der Waals surface area contributed by atoms with Crippen LogP contribution in [-0.4, -0.2) is 12.6 Å². The van der Waals surface area contributed by atoms with E-state index in [9.17, 15) is 13.8 Å². The highest BCUT2D eigenvalue weighted by atomic mass is 19.4. The number of rotatable bonds is 1. The number of amides is 2. The fourth-order valence-electron chi connectivity index (χ4n) is 0.211. The monoisotopic (exact) mass is 124 g/mol. The summed E-state index contributed by atoms with van der Waals surface area (Å²) < 4.78 is 22.1. The topological polar surface area (TPSA) is 35.0 Å². The van der Waals surface area contributed by atoms with Gasteiger partial charge >= 0.3 is 11.4 Å². The molecule has 1 radical (unpaired) electrons. The van der Waals surface area contributed by atoms with Crippen molar-refractivity contribution in [3.05, 3.63) is 0 Å². The van der Waals surface area contributed by atoms with Crippen molar-refractivity contribution in [2.24, 2.45) is 0 Å². The Balaban J connectivity index is 3.33. The molecule has 1 N–H and O–H groups in total. The van der Waals surface area contributed by atoms with Crippen molar-refractivity contribution in [2.45, 2.75) is 6.92 Å². The fraction of sp³-hybridized carbons (Fsp3) is 0.667. The number of halogens is 2. The first-order valence-corrected chi connectivity index (χ1v) is 2.08. The van der Waals surface area contributed by atoms with Crippen molar-refractivity contribution in [3.8, 4) is 0 Å². The molecule has 0 aromatic carbocycles. The molecule has 8 heavy (non-hydrogen) atoms. The molecule has 0 aromatic heterocycles. The molecule has 3 nitrogen and oxygen atoms in total. The van der Waals surface area contributed by atoms with E-state index < -0.39 is 11.4 Å². The molecule has 0 aliphatic carbocycles. The molecule has 0 fully saturated rings. The van der Waals surface area contributed by atoms with Crippen LogP contribution in [0.15, 0.2) is 0 Å². The Hall–Kier alpha value is -0.710. The summed E-state index contributed by atoms with van der Waals surface area (Å²) in [5.41, 5.74) is 0. The number of urea groups is 1. The predicted octanol–water partition coefficient (Wildman–Crippen LogP) is 0.625. The van der Waals surface area contributed by atoms with Crippen LogP contribution in [0.4, 0.5) is 13.8 Å². The van der Waals surface area contributed by atoms with Gasteiger partial charge in [0, 0.05) is 6.54 Å². The summed E-state index contributed by atoms with van der Waals surface area (Å²) in [6, 6.07) is -1.37. The molecule has 0 aliphatic rings. The second kappa shape index (κ2) is 3.31. The van der Waals surface area contributed by atoms with E-state index in [1.165, 1.54) is 0 Å². The number of hydrogen-bond acceptors (Lipinski definition) is 1. The normalized spacial score (nSPS) is 9.50. The van der Waals surface area contributed by atoms with Crippen molar-refractivity contribution in [2.75, 3.05) is 6.54 Å². The SMILES string of the molecule is CCNC(=O)[N+](F)F. The second-order valence-electron chi connectivity index (χ2n) is 1.07. The summed E-state index contributed by atoms with van der Waals surface area (Å²) in [6.45, 7) is 1.77. The standard InChI is InChI=1S/C3H6F2N2O/c1-2-6-3(8)7(4)5/h2H2,1H3,(H,6,8)/q+1. The van der Waals surface area contributed by atoms with E-state index in [0.717, 1.165) is 0 Å². The first kappa shape index (κ1) is 7.29. The molecule has 47 valence electrons. The zero-order chi connectivity index (χ0) is 6.57. The van der Waals surface area contributed by atoms with Gasteiger partial charge in [0.2, 0.25) is 0 Å². The molecule has 0 bridgehead atoms. The first-order valence-electron chi connectivity index (χ1n) is 2.08. The lowest BCUT2D eigenvalue weighted by atomic mass is 10.7. The van der Waals surface area contributed by atoms with E-state index in [-0.39, 0.29) is 6.54 Å². The molecule has 0 heterocycles. The van der Waals surface area contributed by atoms with Gasteiger partial charge < -0.3 is 0 Å². The lowest BCUT2D eigenvalue weighted by Gasteiger charge is -1.85. The van der Waals surface area contributed by atoms with Crippen LogP contribution in [0.5, 0.6) is 0 Å². The van der Waals surface area contributed by atoms with E-state index in [1.807, 2.05) is 5.32 Å². The summed E-state index contributed by atoms with van der Waals surface area (Å²) >= 11 is 0. The lowest BCUT2D eigenvalue weighted by Crippen LogP contribution is -2.32. The van der Waals surface area contributed by atoms with Crippen molar-refractivity contribution < 1.29 is 13.8 Å². The van der Waals surface area contributed by atoms with Crippen LogP contribution >= 0.6 is 0 Å². The number of nitrogens with zero attached hydrogens (tertiary/aromatic N) is 1. The maximum atomic E-state index is 11.0. The lowest BCUT2D eigenvalue weighted by molar-refractivity contribution is 0.00426. The highest BCUT2D eigenvalue weighted by Crippen LogP contribution is 1.82. The molecule has 0 unspecified atom stereocenters. The van der Waals surface area contributed by atoms with Crippen molar-refractivity contribution >= 4 is 6.03 Å². The largest absolute Gasteiger partial charge is 0.557 e. The van der Waals surface area contributed by atoms with Crippen LogP contribution in [0, 0.1) is 0 Å². The van der Waals surface area contributed by atoms with E-state index in [4.69, 9.17) is 0 Å². The Labute approximate surface area is 45.1 Å². The molecule has 0 aliphatic heterocycles. The molecule has 0 saturated carbocycles. The Morgan fingerprint density at radius 3 is 2.38 bits per heavy atom. The zero-order valence-electron chi connectivity index (χ0n) is 4.32. The summed E-state index contributed by atoms with van der Waals surface area (Å²) in [6.07, 6.45) is 0. The van der Waals surface area contributed by atoms with Gasteiger partial charge in [-0.05, 0) is 6.92 Å². The van der Waals surface area contributed by atoms with Crippen LogP contribution in [0.3, 0.4) is 0 Å². The highest BCUT2D eigenvalue weighted by molar-refractivity contribution is 5.73. The van der Waals surface area contributed by atoms with Gasteiger partial charge in [-0.25, -0.2) is 0 Å². The third kappa shape index (κ3) is 2.46. The Morgan fingerprint density at radius 2 is 2.25 bits per heavy atom. The van der Waals surface area contributed by atoms with E-state index >= 15 is 0 Å². The molecular formula is C3H6F2N2O+. The molecule has 0 spiro atoms. The van der Waals surface area contributed by atoms with Crippen LogP contribution in [0.2, 0.25) is 0 Å². The third-order valence-electron chi connectivity index (χ3n) is 0.482. The summed E-state index contributed by atoms with van der Waals surface area (Å²) in [4.78, 5) is 9.81. The highest BCUT2D eigenvalue weighted by Gasteiger charge is 2.28. The molecule has 0 atom stereocenters. The van der Waals surface area contributed by atoms with Gasteiger partial charge in [0.1, 0.15) is 8.96 Å². The maximum absolute atomic E-state index is 11.0. The van der Waals surface area contributed by atoms with Gasteiger partial charge in [0.15, 0.2) is 0 Å². The van der Waals surface area contributed by atoms with E-state index in [1.54, 1.807) is 6.92 Å². The number of hydrogen-bond donors (Lipinski definition) is 1. The molecule has 5 heteroatoms. The summed E-state index contributed by atoms with van der Waals surface area (Å²) in [5, 5.41) is 0.385. The smallest absolute Gasteiger partial charge is 0.294 e. The molecule has 0 rings (SSSR count).